The number of rotatable bonds is 2. The van der Waals surface area contributed by atoms with Gasteiger partial charge in [0.1, 0.15) is 17.4 Å². The van der Waals surface area contributed by atoms with Gasteiger partial charge in [0.15, 0.2) is 0 Å². The fourth-order valence-electron chi connectivity index (χ4n) is 1.36. The second kappa shape index (κ2) is 3.36. The van der Waals surface area contributed by atoms with E-state index in [2.05, 4.69) is 0 Å². The first kappa shape index (κ1) is 9.67. The van der Waals surface area contributed by atoms with Crippen LogP contribution in [0.5, 0.6) is 0 Å². The Morgan fingerprint density at radius 3 is 2.80 bits per heavy atom. The van der Waals surface area contributed by atoms with E-state index in [1.165, 1.54) is 12.1 Å². The van der Waals surface area contributed by atoms with Crippen LogP contribution in [0.4, 0.5) is 5.69 Å². The molecule has 1 atom stereocenters. The molecule has 0 saturated heterocycles. The van der Waals surface area contributed by atoms with Crippen LogP contribution < -0.4 is 0 Å². The van der Waals surface area contributed by atoms with Crippen molar-refractivity contribution in [2.45, 2.75) is 13.0 Å². The van der Waals surface area contributed by atoms with Crippen molar-refractivity contribution in [2.24, 2.45) is 0 Å². The second-order valence-corrected chi connectivity index (χ2v) is 3.30. The van der Waals surface area contributed by atoms with Crippen LogP contribution in [0.3, 0.4) is 0 Å². The summed E-state index contributed by atoms with van der Waals surface area (Å²) in [6.07, 6.45) is -0.712. The van der Waals surface area contributed by atoms with Crippen molar-refractivity contribution in [3.8, 4) is 0 Å². The number of fused-ring (bicyclic) bond motifs is 1. The molecular formula is C10H9NO4. The van der Waals surface area contributed by atoms with Crippen molar-refractivity contribution >= 4 is 16.7 Å². The van der Waals surface area contributed by atoms with Crippen LogP contribution >= 0.6 is 0 Å². The van der Waals surface area contributed by atoms with Gasteiger partial charge in [-0.25, -0.2) is 0 Å². The highest BCUT2D eigenvalue weighted by Crippen LogP contribution is 2.26. The molecule has 0 aliphatic carbocycles. The number of aliphatic hydroxyl groups excluding tert-OH is 1. The van der Waals surface area contributed by atoms with E-state index in [0.717, 1.165) is 5.39 Å². The molecule has 1 unspecified atom stereocenters. The van der Waals surface area contributed by atoms with E-state index in [0.29, 0.717) is 11.3 Å². The van der Waals surface area contributed by atoms with Gasteiger partial charge in [-0.15, -0.1) is 0 Å². The molecule has 15 heavy (non-hydrogen) atoms. The highest BCUT2D eigenvalue weighted by Gasteiger charge is 2.12. The lowest BCUT2D eigenvalue weighted by molar-refractivity contribution is -0.384. The summed E-state index contributed by atoms with van der Waals surface area (Å²) in [5, 5.41) is 20.5. The lowest BCUT2D eigenvalue weighted by Gasteiger charge is -1.95. The molecule has 78 valence electrons. The van der Waals surface area contributed by atoms with Gasteiger partial charge in [-0.2, -0.15) is 0 Å². The number of benzene rings is 1. The van der Waals surface area contributed by atoms with Gasteiger partial charge in [0, 0.05) is 11.5 Å². The highest BCUT2D eigenvalue weighted by atomic mass is 16.6. The van der Waals surface area contributed by atoms with Gasteiger partial charge < -0.3 is 9.52 Å². The third-order valence-corrected chi connectivity index (χ3v) is 2.15. The number of nitrogens with zero attached hydrogens (tertiary/aromatic N) is 1. The number of furan rings is 1. The van der Waals surface area contributed by atoms with Crippen molar-refractivity contribution in [2.75, 3.05) is 0 Å². The molecular weight excluding hydrogens is 198 g/mol. The van der Waals surface area contributed by atoms with E-state index >= 15 is 0 Å². The largest absolute Gasteiger partial charge is 0.458 e. The van der Waals surface area contributed by atoms with E-state index in [4.69, 9.17) is 4.42 Å². The van der Waals surface area contributed by atoms with Crippen LogP contribution in [0.1, 0.15) is 18.8 Å². The Balaban J connectivity index is 2.57. The summed E-state index contributed by atoms with van der Waals surface area (Å²) in [7, 11) is 0. The fraction of sp³-hybridized carbons (Fsp3) is 0.200. The molecule has 0 bridgehead atoms. The molecule has 2 rings (SSSR count). The third-order valence-electron chi connectivity index (χ3n) is 2.15. The maximum Gasteiger partial charge on any atom is 0.273 e. The summed E-state index contributed by atoms with van der Waals surface area (Å²) in [6, 6.07) is 6.03. The minimum Gasteiger partial charge on any atom is -0.458 e. The van der Waals surface area contributed by atoms with Gasteiger partial charge in [0.2, 0.25) is 0 Å². The Morgan fingerprint density at radius 2 is 2.20 bits per heavy atom. The molecule has 5 heteroatoms. The third kappa shape index (κ3) is 1.69. The molecule has 0 amide bonds. The predicted molar refractivity (Wildman–Crippen MR) is 53.5 cm³/mol. The molecule has 0 spiro atoms. The van der Waals surface area contributed by atoms with E-state index in [1.54, 1.807) is 19.1 Å². The minimum atomic E-state index is -0.712. The smallest absolute Gasteiger partial charge is 0.273 e. The Morgan fingerprint density at radius 1 is 1.47 bits per heavy atom. The number of nitro groups is 1. The summed E-state index contributed by atoms with van der Waals surface area (Å²) in [5.41, 5.74) is 0.397. The van der Waals surface area contributed by atoms with Gasteiger partial charge in [0.25, 0.3) is 5.69 Å². The van der Waals surface area contributed by atoms with Gasteiger partial charge >= 0.3 is 0 Å². The van der Waals surface area contributed by atoms with E-state index in [1.807, 2.05) is 0 Å². The minimum absolute atomic E-state index is 0.0195. The van der Waals surface area contributed by atoms with Gasteiger partial charge in [-0.1, -0.05) is 0 Å². The molecule has 0 aliphatic rings. The quantitative estimate of drug-likeness (QED) is 0.605. The molecule has 0 saturated carbocycles. The number of hydrogen-bond donors (Lipinski definition) is 1. The first-order valence-corrected chi connectivity index (χ1v) is 4.44. The Labute approximate surface area is 85.1 Å². The average Bonchev–Trinajstić information content (AvgIpc) is 2.59. The van der Waals surface area contributed by atoms with Crippen molar-refractivity contribution < 1.29 is 14.4 Å². The zero-order valence-corrected chi connectivity index (χ0v) is 8.01. The summed E-state index contributed by atoms with van der Waals surface area (Å²) in [4.78, 5) is 10.0. The van der Waals surface area contributed by atoms with Crippen molar-refractivity contribution in [3.63, 3.8) is 0 Å². The van der Waals surface area contributed by atoms with E-state index in [9.17, 15) is 15.2 Å². The van der Waals surface area contributed by atoms with Crippen LogP contribution in [0.2, 0.25) is 0 Å². The molecule has 5 nitrogen and oxygen atoms in total. The number of nitro benzene ring substituents is 1. The predicted octanol–water partition coefficient (Wildman–Crippen LogP) is 2.39. The number of hydrogen-bond acceptors (Lipinski definition) is 4. The van der Waals surface area contributed by atoms with Gasteiger partial charge in [0.05, 0.1) is 11.0 Å². The fourth-order valence-corrected chi connectivity index (χ4v) is 1.36. The normalized spacial score (nSPS) is 12.9. The highest BCUT2D eigenvalue weighted by molar-refractivity contribution is 5.80. The number of non-ortho nitro benzene ring substituents is 1. The van der Waals surface area contributed by atoms with E-state index in [-0.39, 0.29) is 5.69 Å². The van der Waals surface area contributed by atoms with Crippen molar-refractivity contribution in [1.82, 2.24) is 0 Å². The Bertz CT molecular complexity index is 515. The Kier molecular flexibility index (Phi) is 2.17. The molecule has 1 aromatic heterocycles. The first-order chi connectivity index (χ1) is 7.08. The van der Waals surface area contributed by atoms with Crippen molar-refractivity contribution in [3.05, 3.63) is 40.1 Å². The molecule has 1 aromatic carbocycles. The molecule has 0 radical (unpaired) electrons. The van der Waals surface area contributed by atoms with Crippen molar-refractivity contribution in [1.29, 1.82) is 0 Å². The first-order valence-electron chi connectivity index (χ1n) is 4.44. The topological polar surface area (TPSA) is 76.5 Å². The summed E-state index contributed by atoms with van der Waals surface area (Å²) in [6.45, 7) is 1.58. The SMILES string of the molecule is CC(O)c1cc2ccc([N+](=O)[O-])cc2o1. The monoisotopic (exact) mass is 207 g/mol. The van der Waals surface area contributed by atoms with E-state index < -0.39 is 11.0 Å². The number of aliphatic hydroxyl groups is 1. The zero-order chi connectivity index (χ0) is 11.0. The van der Waals surface area contributed by atoms with Crippen LogP contribution in [0.15, 0.2) is 28.7 Å². The molecule has 0 fully saturated rings. The van der Waals surface area contributed by atoms with Crippen LogP contribution in [-0.4, -0.2) is 10.0 Å². The zero-order valence-electron chi connectivity index (χ0n) is 8.01. The van der Waals surface area contributed by atoms with Gasteiger partial charge in [-0.05, 0) is 19.1 Å². The molecule has 1 heterocycles. The second-order valence-electron chi connectivity index (χ2n) is 3.30. The van der Waals surface area contributed by atoms with Crippen LogP contribution in [-0.2, 0) is 0 Å². The summed E-state index contributed by atoms with van der Waals surface area (Å²) < 4.78 is 5.27. The summed E-state index contributed by atoms with van der Waals surface area (Å²) >= 11 is 0. The standard InChI is InChI=1S/C10H9NO4/c1-6(12)9-4-7-2-3-8(11(13)14)5-10(7)15-9/h2-6,12H,1H3. The lowest BCUT2D eigenvalue weighted by Crippen LogP contribution is -1.85. The van der Waals surface area contributed by atoms with Crippen LogP contribution in [0.25, 0.3) is 11.0 Å². The maximum atomic E-state index is 10.5. The molecule has 2 aromatic rings. The molecule has 0 aliphatic heterocycles. The average molecular weight is 207 g/mol. The van der Waals surface area contributed by atoms with Gasteiger partial charge in [-0.3, -0.25) is 10.1 Å². The lowest BCUT2D eigenvalue weighted by atomic mass is 10.2. The molecule has 1 N–H and O–H groups in total. The Hall–Kier alpha value is -1.88. The van der Waals surface area contributed by atoms with Crippen LogP contribution in [0, 0.1) is 10.1 Å². The summed E-state index contributed by atoms with van der Waals surface area (Å²) in [5.74, 6) is 0.408. The maximum absolute atomic E-state index is 10.5.